The number of hydrogen-bond donors (Lipinski definition) is 1. The summed E-state index contributed by atoms with van der Waals surface area (Å²) in [5.74, 6) is 1.05. The van der Waals surface area contributed by atoms with Gasteiger partial charge in [0, 0.05) is 24.1 Å². The Balaban J connectivity index is 1.49. The SMILES string of the molecule is COc1ccc2c(c1)OCCC2NCc1ccc(-c2c(F)cccc2F)o1. The molecule has 6 heteroatoms. The monoisotopic (exact) mass is 371 g/mol. The Morgan fingerprint density at radius 2 is 1.93 bits per heavy atom. The van der Waals surface area contributed by atoms with Gasteiger partial charge < -0.3 is 19.2 Å². The normalized spacial score (nSPS) is 15.9. The highest BCUT2D eigenvalue weighted by atomic mass is 19.1. The number of nitrogens with one attached hydrogen (secondary N) is 1. The van der Waals surface area contributed by atoms with Crippen molar-refractivity contribution >= 4 is 0 Å². The van der Waals surface area contributed by atoms with Crippen LogP contribution < -0.4 is 14.8 Å². The van der Waals surface area contributed by atoms with Gasteiger partial charge in [0.2, 0.25) is 0 Å². The largest absolute Gasteiger partial charge is 0.497 e. The Kier molecular flexibility index (Phi) is 4.81. The summed E-state index contributed by atoms with van der Waals surface area (Å²) in [4.78, 5) is 0. The van der Waals surface area contributed by atoms with Crippen LogP contribution in [0.5, 0.6) is 11.5 Å². The first-order chi connectivity index (χ1) is 13.2. The number of ether oxygens (including phenoxy) is 2. The third kappa shape index (κ3) is 3.53. The predicted molar refractivity (Wildman–Crippen MR) is 96.7 cm³/mol. The molecule has 27 heavy (non-hydrogen) atoms. The number of furan rings is 1. The summed E-state index contributed by atoms with van der Waals surface area (Å²) >= 11 is 0. The molecule has 140 valence electrons. The Morgan fingerprint density at radius 3 is 2.70 bits per heavy atom. The van der Waals surface area contributed by atoms with Gasteiger partial charge in [0.1, 0.15) is 34.7 Å². The lowest BCUT2D eigenvalue weighted by atomic mass is 10.0. The van der Waals surface area contributed by atoms with Gasteiger partial charge in [-0.1, -0.05) is 12.1 Å². The zero-order chi connectivity index (χ0) is 18.8. The second-order valence-electron chi connectivity index (χ2n) is 6.34. The number of benzene rings is 2. The maximum Gasteiger partial charge on any atom is 0.140 e. The van der Waals surface area contributed by atoms with E-state index in [2.05, 4.69) is 5.32 Å². The third-order valence-electron chi connectivity index (χ3n) is 4.65. The summed E-state index contributed by atoms with van der Waals surface area (Å²) in [6, 6.07) is 12.9. The molecule has 2 heterocycles. The van der Waals surface area contributed by atoms with Crippen molar-refractivity contribution in [2.75, 3.05) is 13.7 Å². The minimum absolute atomic E-state index is 0.0957. The topological polar surface area (TPSA) is 43.6 Å². The molecule has 0 saturated carbocycles. The molecule has 3 aromatic rings. The lowest BCUT2D eigenvalue weighted by Gasteiger charge is -2.27. The van der Waals surface area contributed by atoms with E-state index in [1.807, 2.05) is 18.2 Å². The van der Waals surface area contributed by atoms with E-state index < -0.39 is 11.6 Å². The summed E-state index contributed by atoms with van der Waals surface area (Å²) in [7, 11) is 1.62. The van der Waals surface area contributed by atoms with Crippen LogP contribution in [0.1, 0.15) is 23.8 Å². The Labute approximate surface area is 155 Å². The average molecular weight is 371 g/mol. The molecule has 4 rings (SSSR count). The number of halogens is 2. The molecule has 1 aromatic heterocycles. The fourth-order valence-electron chi connectivity index (χ4n) is 3.27. The van der Waals surface area contributed by atoms with Crippen molar-refractivity contribution in [2.24, 2.45) is 0 Å². The standard InChI is InChI=1S/C21H19F2NO3/c1-25-13-5-7-15-18(9-10-26-20(15)11-13)24-12-14-6-8-19(27-14)21-16(22)3-2-4-17(21)23/h2-8,11,18,24H,9-10,12H2,1H3. The van der Waals surface area contributed by atoms with Gasteiger partial charge in [0.05, 0.1) is 25.8 Å². The molecule has 1 aliphatic heterocycles. The molecule has 1 N–H and O–H groups in total. The van der Waals surface area contributed by atoms with E-state index in [1.165, 1.54) is 18.2 Å². The van der Waals surface area contributed by atoms with E-state index in [9.17, 15) is 8.78 Å². The van der Waals surface area contributed by atoms with Gasteiger partial charge in [0.15, 0.2) is 0 Å². The van der Waals surface area contributed by atoms with Crippen molar-refractivity contribution in [3.63, 3.8) is 0 Å². The van der Waals surface area contributed by atoms with Crippen molar-refractivity contribution in [1.29, 1.82) is 0 Å². The smallest absolute Gasteiger partial charge is 0.140 e. The van der Waals surface area contributed by atoms with Gasteiger partial charge in [-0.25, -0.2) is 8.78 Å². The minimum atomic E-state index is -0.642. The maximum absolute atomic E-state index is 13.9. The highest BCUT2D eigenvalue weighted by Crippen LogP contribution is 2.35. The van der Waals surface area contributed by atoms with Gasteiger partial charge in [-0.2, -0.15) is 0 Å². The van der Waals surface area contributed by atoms with Crippen LogP contribution in [0.15, 0.2) is 52.9 Å². The van der Waals surface area contributed by atoms with Crippen LogP contribution in [-0.4, -0.2) is 13.7 Å². The van der Waals surface area contributed by atoms with Crippen LogP contribution in [0.4, 0.5) is 8.78 Å². The third-order valence-corrected chi connectivity index (χ3v) is 4.65. The Morgan fingerprint density at radius 1 is 1.11 bits per heavy atom. The van der Waals surface area contributed by atoms with Gasteiger partial charge >= 0.3 is 0 Å². The van der Waals surface area contributed by atoms with Crippen molar-refractivity contribution in [3.8, 4) is 22.8 Å². The van der Waals surface area contributed by atoms with Gasteiger partial charge in [-0.3, -0.25) is 0 Å². The molecular weight excluding hydrogens is 352 g/mol. The van der Waals surface area contributed by atoms with Crippen molar-refractivity contribution in [1.82, 2.24) is 5.32 Å². The van der Waals surface area contributed by atoms with E-state index in [0.717, 1.165) is 23.5 Å². The fourth-order valence-corrected chi connectivity index (χ4v) is 3.27. The lowest BCUT2D eigenvalue weighted by molar-refractivity contribution is 0.248. The summed E-state index contributed by atoms with van der Waals surface area (Å²) in [5.41, 5.74) is 0.904. The van der Waals surface area contributed by atoms with E-state index in [1.54, 1.807) is 19.2 Å². The fraction of sp³-hybridized carbons (Fsp3) is 0.238. The van der Waals surface area contributed by atoms with Gasteiger partial charge in [-0.15, -0.1) is 0 Å². The molecule has 0 amide bonds. The van der Waals surface area contributed by atoms with Crippen LogP contribution in [-0.2, 0) is 6.54 Å². The summed E-state index contributed by atoms with van der Waals surface area (Å²) in [6.45, 7) is 1.04. The summed E-state index contributed by atoms with van der Waals surface area (Å²) < 4.78 is 44.4. The first-order valence-corrected chi connectivity index (χ1v) is 8.73. The molecule has 1 aliphatic rings. The average Bonchev–Trinajstić information content (AvgIpc) is 3.14. The van der Waals surface area contributed by atoms with Crippen LogP contribution in [0, 0.1) is 11.6 Å². The van der Waals surface area contributed by atoms with E-state index >= 15 is 0 Å². The number of rotatable bonds is 5. The van der Waals surface area contributed by atoms with Crippen LogP contribution in [0.3, 0.4) is 0 Å². The molecule has 0 aliphatic carbocycles. The Bertz CT molecular complexity index is 934. The Hall–Kier alpha value is -2.86. The molecular formula is C21H19F2NO3. The quantitative estimate of drug-likeness (QED) is 0.697. The van der Waals surface area contributed by atoms with E-state index in [0.29, 0.717) is 18.9 Å². The molecule has 1 unspecified atom stereocenters. The molecule has 0 bridgehead atoms. The summed E-state index contributed by atoms with van der Waals surface area (Å²) in [5, 5.41) is 3.42. The second-order valence-corrected chi connectivity index (χ2v) is 6.34. The highest BCUT2D eigenvalue weighted by Gasteiger charge is 2.22. The van der Waals surface area contributed by atoms with Crippen molar-refractivity contribution in [2.45, 2.75) is 19.0 Å². The van der Waals surface area contributed by atoms with E-state index in [-0.39, 0.29) is 17.4 Å². The molecule has 0 saturated heterocycles. The maximum atomic E-state index is 13.9. The predicted octanol–water partition coefficient (Wildman–Crippen LogP) is 4.85. The number of fused-ring (bicyclic) bond motifs is 1. The van der Waals surface area contributed by atoms with Crippen LogP contribution in [0.25, 0.3) is 11.3 Å². The molecule has 0 fully saturated rings. The zero-order valence-electron chi connectivity index (χ0n) is 14.8. The number of hydrogen-bond acceptors (Lipinski definition) is 4. The van der Waals surface area contributed by atoms with Crippen molar-refractivity contribution < 1.29 is 22.7 Å². The van der Waals surface area contributed by atoms with Gasteiger partial charge in [-0.05, 0) is 30.3 Å². The molecule has 1 atom stereocenters. The lowest BCUT2D eigenvalue weighted by Crippen LogP contribution is -2.26. The van der Waals surface area contributed by atoms with Crippen LogP contribution >= 0.6 is 0 Å². The first kappa shape index (κ1) is 17.5. The zero-order valence-corrected chi connectivity index (χ0v) is 14.8. The highest BCUT2D eigenvalue weighted by molar-refractivity contribution is 5.59. The first-order valence-electron chi connectivity index (χ1n) is 8.73. The molecule has 4 nitrogen and oxygen atoms in total. The van der Waals surface area contributed by atoms with E-state index in [4.69, 9.17) is 13.9 Å². The molecule has 0 spiro atoms. The number of methoxy groups -OCH3 is 1. The second kappa shape index (κ2) is 7.40. The van der Waals surface area contributed by atoms with Crippen LogP contribution in [0.2, 0.25) is 0 Å². The van der Waals surface area contributed by atoms with Crippen molar-refractivity contribution in [3.05, 3.63) is 71.5 Å². The summed E-state index contributed by atoms with van der Waals surface area (Å²) in [6.07, 6.45) is 0.814. The minimum Gasteiger partial charge on any atom is -0.497 e. The van der Waals surface area contributed by atoms with Gasteiger partial charge in [0.25, 0.3) is 0 Å². The molecule has 2 aromatic carbocycles. The molecule has 0 radical (unpaired) electrons.